The van der Waals surface area contributed by atoms with Crippen molar-refractivity contribution in [3.05, 3.63) is 35.9 Å². The van der Waals surface area contributed by atoms with E-state index in [2.05, 4.69) is 9.73 Å². The zero-order valence-corrected chi connectivity index (χ0v) is 10.3. The molecule has 0 radical (unpaired) electrons. The van der Waals surface area contributed by atoms with Crippen molar-refractivity contribution in [3.63, 3.8) is 0 Å². The van der Waals surface area contributed by atoms with E-state index in [9.17, 15) is 18.4 Å². The fourth-order valence-electron chi connectivity index (χ4n) is 1.63. The van der Waals surface area contributed by atoms with Crippen LogP contribution in [0.5, 0.6) is 0 Å². The maximum absolute atomic E-state index is 13.8. The lowest BCUT2D eigenvalue weighted by Gasteiger charge is -2.18. The van der Waals surface area contributed by atoms with Crippen molar-refractivity contribution in [1.29, 1.82) is 0 Å². The number of hydrogen-bond donors (Lipinski definition) is 0. The van der Waals surface area contributed by atoms with Gasteiger partial charge in [-0.15, -0.1) is 0 Å². The zero-order chi connectivity index (χ0) is 14.3. The fourth-order valence-corrected chi connectivity index (χ4v) is 1.63. The summed E-state index contributed by atoms with van der Waals surface area (Å²) in [6.07, 6.45) is -0.307. The van der Waals surface area contributed by atoms with E-state index < -0.39 is 30.8 Å². The first-order valence-electron chi connectivity index (χ1n) is 5.55. The Kier molecular flexibility index (Phi) is 5.33. The number of alkyl halides is 2. The van der Waals surface area contributed by atoms with E-state index in [0.717, 1.165) is 13.2 Å². The van der Waals surface area contributed by atoms with E-state index in [4.69, 9.17) is 0 Å². The van der Waals surface area contributed by atoms with Gasteiger partial charge in [-0.1, -0.05) is 30.3 Å². The summed E-state index contributed by atoms with van der Waals surface area (Å²) in [4.78, 5) is 24.4. The maximum atomic E-state index is 13.8. The first-order chi connectivity index (χ1) is 8.98. The topological polar surface area (TPSA) is 55.7 Å². The molecule has 0 aromatic heterocycles. The zero-order valence-electron chi connectivity index (χ0n) is 10.3. The molecule has 0 unspecified atom stereocenters. The van der Waals surface area contributed by atoms with E-state index in [-0.39, 0.29) is 0 Å². The van der Waals surface area contributed by atoms with Gasteiger partial charge in [0.05, 0.1) is 7.11 Å². The van der Waals surface area contributed by atoms with Gasteiger partial charge in [0.1, 0.15) is 0 Å². The molecule has 1 aromatic carbocycles. The van der Waals surface area contributed by atoms with Crippen LogP contribution in [0.15, 0.2) is 35.3 Å². The third kappa shape index (κ3) is 4.97. The number of carbonyl (C=O) groups is 1. The molecular formula is C13H13F2NO3. The van der Waals surface area contributed by atoms with Crippen LogP contribution in [0.1, 0.15) is 12.0 Å². The average Bonchev–Trinajstić information content (AvgIpc) is 2.37. The van der Waals surface area contributed by atoms with Crippen LogP contribution in [-0.2, 0) is 20.7 Å². The standard InChI is InChI=1S/C13H13F2NO3/c1-19-12(18)11(16-9-17)8-13(14,15)7-10-5-3-2-4-6-10/h2-6,11H,7-8H2,1H3/t11-/m0/s1. The van der Waals surface area contributed by atoms with Crippen molar-refractivity contribution < 1.29 is 23.1 Å². The quantitative estimate of drug-likeness (QED) is 0.451. The van der Waals surface area contributed by atoms with Crippen LogP contribution in [0, 0.1) is 0 Å². The summed E-state index contributed by atoms with van der Waals surface area (Å²) in [6, 6.07) is 6.60. The number of rotatable bonds is 6. The summed E-state index contributed by atoms with van der Waals surface area (Å²) >= 11 is 0. The maximum Gasteiger partial charge on any atom is 0.331 e. The van der Waals surface area contributed by atoms with Crippen molar-refractivity contribution in [3.8, 4) is 0 Å². The van der Waals surface area contributed by atoms with Gasteiger partial charge in [-0.2, -0.15) is 4.99 Å². The highest BCUT2D eigenvalue weighted by atomic mass is 19.3. The third-order valence-corrected chi connectivity index (χ3v) is 2.48. The van der Waals surface area contributed by atoms with Gasteiger partial charge in [0.2, 0.25) is 6.08 Å². The second-order valence-corrected chi connectivity index (χ2v) is 3.98. The van der Waals surface area contributed by atoms with E-state index in [1.165, 1.54) is 0 Å². The van der Waals surface area contributed by atoms with Gasteiger partial charge in [0.25, 0.3) is 5.92 Å². The van der Waals surface area contributed by atoms with Crippen LogP contribution >= 0.6 is 0 Å². The minimum Gasteiger partial charge on any atom is -0.467 e. The molecule has 0 bridgehead atoms. The summed E-state index contributed by atoms with van der Waals surface area (Å²) < 4.78 is 31.9. The average molecular weight is 269 g/mol. The van der Waals surface area contributed by atoms with Crippen molar-refractivity contribution >= 4 is 12.0 Å². The molecule has 0 aliphatic carbocycles. The lowest BCUT2D eigenvalue weighted by molar-refractivity contribution is -0.144. The molecule has 102 valence electrons. The lowest BCUT2D eigenvalue weighted by atomic mass is 10.0. The number of hydrogen-bond acceptors (Lipinski definition) is 4. The predicted octanol–water partition coefficient (Wildman–Crippen LogP) is 2.13. The molecule has 0 aliphatic heterocycles. The first-order valence-corrected chi connectivity index (χ1v) is 5.55. The Morgan fingerprint density at radius 1 is 1.42 bits per heavy atom. The Morgan fingerprint density at radius 3 is 2.58 bits per heavy atom. The van der Waals surface area contributed by atoms with Gasteiger partial charge in [-0.3, -0.25) is 0 Å². The number of nitrogens with zero attached hydrogens (tertiary/aromatic N) is 1. The predicted molar refractivity (Wildman–Crippen MR) is 63.6 cm³/mol. The molecule has 0 spiro atoms. The largest absolute Gasteiger partial charge is 0.467 e. The third-order valence-electron chi connectivity index (χ3n) is 2.48. The van der Waals surface area contributed by atoms with Gasteiger partial charge in [0, 0.05) is 12.8 Å². The number of aliphatic imine (C=N–C) groups is 1. The van der Waals surface area contributed by atoms with Gasteiger partial charge < -0.3 is 4.74 Å². The van der Waals surface area contributed by atoms with Gasteiger partial charge >= 0.3 is 5.97 Å². The molecule has 1 atom stereocenters. The summed E-state index contributed by atoms with van der Waals surface area (Å²) in [6.45, 7) is 0. The van der Waals surface area contributed by atoms with E-state index in [1.54, 1.807) is 30.3 Å². The minimum absolute atomic E-state index is 0.436. The van der Waals surface area contributed by atoms with Gasteiger partial charge in [-0.25, -0.2) is 18.4 Å². The summed E-state index contributed by atoms with van der Waals surface area (Å²) in [5.41, 5.74) is 0.436. The van der Waals surface area contributed by atoms with Gasteiger partial charge in [-0.05, 0) is 5.56 Å². The van der Waals surface area contributed by atoms with E-state index in [0.29, 0.717) is 5.56 Å². The van der Waals surface area contributed by atoms with Crippen molar-refractivity contribution in [2.75, 3.05) is 7.11 Å². The molecule has 19 heavy (non-hydrogen) atoms. The molecule has 1 rings (SSSR count). The second kappa shape index (κ2) is 6.75. The number of esters is 1. The van der Waals surface area contributed by atoms with Crippen LogP contribution in [0.4, 0.5) is 8.78 Å². The molecular weight excluding hydrogens is 256 g/mol. The van der Waals surface area contributed by atoms with Crippen molar-refractivity contribution in [2.24, 2.45) is 4.99 Å². The summed E-state index contributed by atoms with van der Waals surface area (Å²) in [5.74, 6) is -4.14. The van der Waals surface area contributed by atoms with Crippen LogP contribution in [-0.4, -0.2) is 31.1 Å². The molecule has 4 nitrogen and oxygen atoms in total. The molecule has 0 amide bonds. The first kappa shape index (κ1) is 15.0. The normalized spacial score (nSPS) is 12.4. The molecule has 6 heteroatoms. The number of benzene rings is 1. The minimum atomic E-state index is -3.17. The molecule has 0 fully saturated rings. The highest BCUT2D eigenvalue weighted by molar-refractivity contribution is 5.76. The van der Waals surface area contributed by atoms with Crippen LogP contribution in [0.25, 0.3) is 0 Å². The number of ether oxygens (including phenoxy) is 1. The van der Waals surface area contributed by atoms with Gasteiger partial charge in [0.15, 0.2) is 6.04 Å². The van der Waals surface area contributed by atoms with E-state index >= 15 is 0 Å². The summed E-state index contributed by atoms with van der Waals surface area (Å²) in [5, 5.41) is 0. The number of methoxy groups -OCH3 is 1. The van der Waals surface area contributed by atoms with Crippen LogP contribution in [0.3, 0.4) is 0 Å². The lowest BCUT2D eigenvalue weighted by Crippen LogP contribution is -2.31. The van der Waals surface area contributed by atoms with E-state index in [1.807, 2.05) is 0 Å². The smallest absolute Gasteiger partial charge is 0.331 e. The molecule has 0 N–H and O–H groups in total. The molecule has 0 saturated carbocycles. The number of carbonyl (C=O) groups excluding carboxylic acids is 2. The van der Waals surface area contributed by atoms with Crippen molar-refractivity contribution in [1.82, 2.24) is 0 Å². The summed E-state index contributed by atoms with van der Waals surface area (Å²) in [7, 11) is 1.05. The highest BCUT2D eigenvalue weighted by Crippen LogP contribution is 2.26. The Bertz CT molecular complexity index is 470. The molecule has 0 aliphatic rings. The Morgan fingerprint density at radius 2 is 2.05 bits per heavy atom. The number of isocyanates is 1. The van der Waals surface area contributed by atoms with Crippen LogP contribution < -0.4 is 0 Å². The Hall–Kier alpha value is -2.07. The Labute approximate surface area is 109 Å². The molecule has 0 saturated heterocycles. The fraction of sp³-hybridized carbons (Fsp3) is 0.385. The number of halogens is 2. The molecule has 0 heterocycles. The SMILES string of the molecule is COC(=O)[C@H](CC(F)(F)Cc1ccccc1)N=C=O. The second-order valence-electron chi connectivity index (χ2n) is 3.98. The Balaban J connectivity index is 2.76. The monoisotopic (exact) mass is 269 g/mol. The molecule has 1 aromatic rings. The van der Waals surface area contributed by atoms with Crippen LogP contribution in [0.2, 0.25) is 0 Å². The highest BCUT2D eigenvalue weighted by Gasteiger charge is 2.36. The van der Waals surface area contributed by atoms with Crippen molar-refractivity contribution in [2.45, 2.75) is 24.8 Å².